The number of hydrogen-bond acceptors (Lipinski definition) is 1. The quantitative estimate of drug-likeness (QED) is 0.671. The summed E-state index contributed by atoms with van der Waals surface area (Å²) in [5, 5.41) is 12.3. The molecule has 116 valence electrons. The van der Waals surface area contributed by atoms with Crippen molar-refractivity contribution in [3.8, 4) is 0 Å². The van der Waals surface area contributed by atoms with Crippen LogP contribution in [0.15, 0.2) is 42.5 Å². The van der Waals surface area contributed by atoms with Crippen molar-refractivity contribution in [2.24, 2.45) is 0 Å². The topological polar surface area (TPSA) is 53.1 Å². The van der Waals surface area contributed by atoms with Crippen molar-refractivity contribution in [3.63, 3.8) is 0 Å². The van der Waals surface area contributed by atoms with Crippen LogP contribution in [0, 0.1) is 0 Å². The van der Waals surface area contributed by atoms with E-state index in [1.54, 1.807) is 12.1 Å². The van der Waals surface area contributed by atoms with Crippen LogP contribution in [0.2, 0.25) is 0 Å². The molecule has 2 aromatic carbocycles. The Morgan fingerprint density at radius 1 is 1.17 bits per heavy atom. The average Bonchev–Trinajstić information content (AvgIpc) is 2.91. The van der Waals surface area contributed by atoms with Gasteiger partial charge in [-0.2, -0.15) is 0 Å². The predicted octanol–water partition coefficient (Wildman–Crippen LogP) is 5.48. The van der Waals surface area contributed by atoms with E-state index >= 15 is 0 Å². The van der Waals surface area contributed by atoms with E-state index in [4.69, 9.17) is 5.11 Å². The fourth-order valence-corrected chi connectivity index (χ4v) is 2.88. The molecule has 1 heterocycles. The first-order chi connectivity index (χ1) is 11.2. The molecular weight excluding hydrogens is 286 g/mol. The van der Waals surface area contributed by atoms with Gasteiger partial charge in [0.1, 0.15) is 0 Å². The summed E-state index contributed by atoms with van der Waals surface area (Å²) in [5.74, 6) is -0.903. The summed E-state index contributed by atoms with van der Waals surface area (Å²) in [6, 6.07) is 9.29. The van der Waals surface area contributed by atoms with Gasteiger partial charge in [-0.1, -0.05) is 43.4 Å². The highest BCUT2D eigenvalue weighted by atomic mass is 16.4. The van der Waals surface area contributed by atoms with Gasteiger partial charge < -0.3 is 10.1 Å². The third kappa shape index (κ3) is 2.66. The van der Waals surface area contributed by atoms with Crippen molar-refractivity contribution in [1.82, 2.24) is 4.98 Å². The van der Waals surface area contributed by atoms with Gasteiger partial charge in [0, 0.05) is 22.0 Å². The summed E-state index contributed by atoms with van der Waals surface area (Å²) in [6.07, 6.45) is 9.35. The van der Waals surface area contributed by atoms with Crippen LogP contribution in [0.5, 0.6) is 0 Å². The minimum absolute atomic E-state index is 0.309. The molecule has 3 heteroatoms. The van der Waals surface area contributed by atoms with Crippen molar-refractivity contribution in [2.75, 3.05) is 0 Å². The number of aromatic amines is 1. The molecule has 0 aliphatic rings. The number of fused-ring (bicyclic) bond motifs is 3. The van der Waals surface area contributed by atoms with Crippen LogP contribution in [-0.2, 0) is 0 Å². The van der Waals surface area contributed by atoms with E-state index in [-0.39, 0.29) is 0 Å². The number of rotatable bonds is 4. The number of carbonyl (C=O) groups is 1. The van der Waals surface area contributed by atoms with Crippen LogP contribution in [0.25, 0.3) is 33.8 Å². The standard InChI is InChI=1S/C20H19NO2/c1-3-5-7-18-16(6-4-2)17-11-8-13-12-14(20(22)23)9-10-15(13)19(17)21-18/h4-12,21H,3H2,1-2H3,(H,22,23)/b6-4-,7-5-. The number of aromatic nitrogens is 1. The van der Waals surface area contributed by atoms with Crippen molar-refractivity contribution < 1.29 is 9.90 Å². The lowest BCUT2D eigenvalue weighted by atomic mass is 10.0. The first-order valence-electron chi connectivity index (χ1n) is 7.76. The van der Waals surface area contributed by atoms with Crippen molar-refractivity contribution in [1.29, 1.82) is 0 Å². The number of allylic oxidation sites excluding steroid dienone is 2. The average molecular weight is 305 g/mol. The minimum Gasteiger partial charge on any atom is -0.478 e. The Hall–Kier alpha value is -2.81. The minimum atomic E-state index is -0.903. The van der Waals surface area contributed by atoms with Gasteiger partial charge in [0.25, 0.3) is 0 Å². The Balaban J connectivity index is 2.32. The fraction of sp³-hybridized carbons (Fsp3) is 0.150. The summed E-state index contributed by atoms with van der Waals surface area (Å²) in [6.45, 7) is 4.11. The molecule has 0 saturated heterocycles. The van der Waals surface area contributed by atoms with E-state index in [0.29, 0.717) is 5.56 Å². The van der Waals surface area contributed by atoms with Crippen LogP contribution < -0.4 is 0 Å². The molecule has 23 heavy (non-hydrogen) atoms. The largest absolute Gasteiger partial charge is 0.478 e. The number of H-pyrrole nitrogens is 1. The molecule has 0 spiro atoms. The van der Waals surface area contributed by atoms with E-state index in [2.05, 4.69) is 36.2 Å². The van der Waals surface area contributed by atoms with E-state index in [9.17, 15) is 4.79 Å². The Kier molecular flexibility index (Phi) is 4.02. The molecule has 0 bridgehead atoms. The summed E-state index contributed by atoms with van der Waals surface area (Å²) in [4.78, 5) is 14.6. The number of nitrogens with one attached hydrogen (secondary N) is 1. The summed E-state index contributed by atoms with van der Waals surface area (Å²) >= 11 is 0. The first kappa shape index (κ1) is 15.1. The lowest BCUT2D eigenvalue weighted by Crippen LogP contribution is -1.95. The van der Waals surface area contributed by atoms with Gasteiger partial charge >= 0.3 is 5.97 Å². The van der Waals surface area contributed by atoms with E-state index in [1.807, 2.05) is 25.1 Å². The zero-order valence-corrected chi connectivity index (χ0v) is 13.3. The predicted molar refractivity (Wildman–Crippen MR) is 96.8 cm³/mol. The Labute approximate surface area is 134 Å². The molecule has 2 N–H and O–H groups in total. The summed E-state index contributed by atoms with van der Waals surface area (Å²) in [5.41, 5.74) is 3.60. The third-order valence-corrected chi connectivity index (χ3v) is 3.96. The molecule has 0 saturated carbocycles. The highest BCUT2D eigenvalue weighted by Gasteiger charge is 2.11. The van der Waals surface area contributed by atoms with Crippen molar-refractivity contribution >= 4 is 39.8 Å². The number of benzene rings is 2. The van der Waals surface area contributed by atoms with Gasteiger partial charge in [0.05, 0.1) is 11.1 Å². The van der Waals surface area contributed by atoms with E-state index < -0.39 is 5.97 Å². The maximum Gasteiger partial charge on any atom is 0.335 e. The van der Waals surface area contributed by atoms with Gasteiger partial charge in [-0.05, 0) is 36.9 Å². The van der Waals surface area contributed by atoms with Crippen LogP contribution in [-0.4, -0.2) is 16.1 Å². The van der Waals surface area contributed by atoms with Crippen LogP contribution in [0.1, 0.15) is 41.9 Å². The van der Waals surface area contributed by atoms with Gasteiger partial charge in [0.2, 0.25) is 0 Å². The molecule has 3 rings (SSSR count). The molecule has 0 radical (unpaired) electrons. The third-order valence-electron chi connectivity index (χ3n) is 3.96. The highest BCUT2D eigenvalue weighted by Crippen LogP contribution is 2.31. The molecule has 0 atom stereocenters. The van der Waals surface area contributed by atoms with Crippen LogP contribution in [0.3, 0.4) is 0 Å². The van der Waals surface area contributed by atoms with E-state index in [1.165, 1.54) is 0 Å². The van der Waals surface area contributed by atoms with Gasteiger partial charge in [-0.3, -0.25) is 0 Å². The molecule has 0 aliphatic heterocycles. The smallest absolute Gasteiger partial charge is 0.335 e. The molecule has 0 fully saturated rings. The molecule has 0 amide bonds. The zero-order chi connectivity index (χ0) is 16.4. The lowest BCUT2D eigenvalue weighted by molar-refractivity contribution is 0.0697. The second-order valence-corrected chi connectivity index (χ2v) is 5.49. The van der Waals surface area contributed by atoms with Gasteiger partial charge in [-0.15, -0.1) is 0 Å². The molecular formula is C20H19NO2. The Morgan fingerprint density at radius 3 is 2.65 bits per heavy atom. The molecule has 0 aliphatic carbocycles. The molecule has 0 unspecified atom stereocenters. The monoisotopic (exact) mass is 305 g/mol. The summed E-state index contributed by atoms with van der Waals surface area (Å²) in [7, 11) is 0. The van der Waals surface area contributed by atoms with Crippen LogP contribution in [0.4, 0.5) is 0 Å². The maximum atomic E-state index is 11.1. The van der Waals surface area contributed by atoms with Gasteiger partial charge in [-0.25, -0.2) is 4.79 Å². The lowest BCUT2D eigenvalue weighted by Gasteiger charge is -2.02. The number of hydrogen-bond donors (Lipinski definition) is 2. The van der Waals surface area contributed by atoms with Crippen molar-refractivity contribution in [2.45, 2.75) is 20.3 Å². The maximum absolute atomic E-state index is 11.1. The zero-order valence-electron chi connectivity index (χ0n) is 13.3. The number of aromatic carboxylic acids is 1. The Bertz CT molecular complexity index is 945. The second-order valence-electron chi connectivity index (χ2n) is 5.49. The second kappa shape index (κ2) is 6.13. The molecule has 3 aromatic rings. The normalized spacial score (nSPS) is 12.1. The SMILES string of the molecule is C/C=C\c1c(/C=C\CC)[nH]c2c1ccc1cc(C(=O)O)ccc12. The summed E-state index contributed by atoms with van der Waals surface area (Å²) < 4.78 is 0. The van der Waals surface area contributed by atoms with Crippen molar-refractivity contribution in [3.05, 3.63) is 59.3 Å². The van der Waals surface area contributed by atoms with E-state index in [0.717, 1.165) is 39.4 Å². The highest BCUT2D eigenvalue weighted by molar-refractivity contribution is 6.10. The first-order valence-corrected chi connectivity index (χ1v) is 7.76. The molecule has 3 nitrogen and oxygen atoms in total. The number of carboxylic acid groups (broad SMARTS) is 1. The number of carboxylic acids is 1. The molecule has 1 aromatic heterocycles. The van der Waals surface area contributed by atoms with Crippen LogP contribution >= 0.6 is 0 Å². The Morgan fingerprint density at radius 2 is 1.96 bits per heavy atom. The van der Waals surface area contributed by atoms with Gasteiger partial charge in [0.15, 0.2) is 0 Å². The fourth-order valence-electron chi connectivity index (χ4n) is 2.88.